The highest BCUT2D eigenvalue weighted by atomic mass is 35.5. The normalized spacial score (nSPS) is 10.9. The third-order valence-electron chi connectivity index (χ3n) is 2.21. The van der Waals surface area contributed by atoms with Crippen LogP contribution in [0.4, 0.5) is 0 Å². The molecule has 0 aliphatic carbocycles. The van der Waals surface area contributed by atoms with E-state index in [0.717, 1.165) is 21.0 Å². The van der Waals surface area contributed by atoms with Crippen LogP contribution in [-0.4, -0.2) is 0 Å². The number of halogens is 1. The van der Waals surface area contributed by atoms with Gasteiger partial charge in [-0.25, -0.2) is 0 Å². The summed E-state index contributed by atoms with van der Waals surface area (Å²) in [4.78, 5) is 0.972. The predicted octanol–water partition coefficient (Wildman–Crippen LogP) is 4.80. The number of benzene rings is 2. The molecule has 0 aliphatic heterocycles. The van der Waals surface area contributed by atoms with Crippen LogP contribution in [0.25, 0.3) is 12.2 Å². The molecule has 0 saturated heterocycles. The van der Waals surface area contributed by atoms with Crippen LogP contribution >= 0.6 is 24.2 Å². The van der Waals surface area contributed by atoms with Crippen LogP contribution in [-0.2, 0) is 0 Å². The second-order valence-electron chi connectivity index (χ2n) is 3.48. The molecule has 2 rings (SSSR count). The molecule has 2 aromatic rings. The van der Waals surface area contributed by atoms with Gasteiger partial charge in [-0.15, -0.1) is 12.6 Å². The molecular weight excluding hydrogens is 236 g/mol. The molecule has 0 radical (unpaired) electrons. The molecule has 0 spiro atoms. The summed E-state index contributed by atoms with van der Waals surface area (Å²) in [5, 5.41) is 0.757. The summed E-state index contributed by atoms with van der Waals surface area (Å²) < 4.78 is 0. The first kappa shape index (κ1) is 11.3. The van der Waals surface area contributed by atoms with Crippen molar-refractivity contribution in [3.8, 4) is 0 Å². The van der Waals surface area contributed by atoms with E-state index in [9.17, 15) is 0 Å². The van der Waals surface area contributed by atoms with E-state index in [2.05, 4.69) is 18.7 Å². The van der Waals surface area contributed by atoms with E-state index in [0.29, 0.717) is 0 Å². The average Bonchev–Trinajstić information content (AvgIpc) is 2.28. The van der Waals surface area contributed by atoms with Gasteiger partial charge >= 0.3 is 0 Å². The Morgan fingerprint density at radius 2 is 1.56 bits per heavy atom. The zero-order valence-electron chi connectivity index (χ0n) is 8.60. The molecule has 0 amide bonds. The van der Waals surface area contributed by atoms with E-state index in [1.165, 1.54) is 0 Å². The number of thiol groups is 1. The van der Waals surface area contributed by atoms with Gasteiger partial charge in [0.2, 0.25) is 0 Å². The van der Waals surface area contributed by atoms with Crippen molar-refractivity contribution in [2.24, 2.45) is 0 Å². The molecule has 0 unspecified atom stereocenters. The number of rotatable bonds is 2. The van der Waals surface area contributed by atoms with Gasteiger partial charge in [-0.05, 0) is 35.4 Å². The van der Waals surface area contributed by atoms with Crippen molar-refractivity contribution in [3.05, 3.63) is 64.7 Å². The molecule has 0 aliphatic rings. The maximum atomic E-state index is 5.90. The molecule has 0 heterocycles. The van der Waals surface area contributed by atoms with Crippen LogP contribution in [0, 0.1) is 0 Å². The van der Waals surface area contributed by atoms with Crippen LogP contribution in [0.3, 0.4) is 0 Å². The summed E-state index contributed by atoms with van der Waals surface area (Å²) in [6.07, 6.45) is 4.10. The third kappa shape index (κ3) is 3.16. The monoisotopic (exact) mass is 246 g/mol. The second-order valence-corrected chi connectivity index (χ2v) is 4.43. The summed E-state index contributed by atoms with van der Waals surface area (Å²) in [6.45, 7) is 0. The zero-order chi connectivity index (χ0) is 11.4. The highest BCUT2D eigenvalue weighted by Crippen LogP contribution is 2.14. The molecular formula is C14H11ClS. The van der Waals surface area contributed by atoms with Crippen molar-refractivity contribution < 1.29 is 0 Å². The average molecular weight is 247 g/mol. The van der Waals surface area contributed by atoms with Crippen molar-refractivity contribution in [1.29, 1.82) is 0 Å². The topological polar surface area (TPSA) is 0 Å². The van der Waals surface area contributed by atoms with Crippen molar-refractivity contribution in [2.45, 2.75) is 4.90 Å². The standard InChI is InChI=1S/C14H11ClS/c15-13-3-1-2-12(10-13)5-4-11-6-8-14(16)9-7-11/h1-10,16H/b5-4+. The maximum absolute atomic E-state index is 5.90. The first-order valence-electron chi connectivity index (χ1n) is 4.97. The predicted molar refractivity (Wildman–Crippen MR) is 74.1 cm³/mol. The van der Waals surface area contributed by atoms with Crippen LogP contribution in [0.5, 0.6) is 0 Å². The summed E-state index contributed by atoms with van der Waals surface area (Å²) >= 11 is 10.1. The summed E-state index contributed by atoms with van der Waals surface area (Å²) in [5.74, 6) is 0. The Morgan fingerprint density at radius 3 is 2.25 bits per heavy atom. The SMILES string of the molecule is Sc1ccc(/C=C/c2cccc(Cl)c2)cc1. The minimum atomic E-state index is 0.757. The van der Waals surface area contributed by atoms with Crippen molar-refractivity contribution in [2.75, 3.05) is 0 Å². The van der Waals surface area contributed by atoms with Crippen LogP contribution < -0.4 is 0 Å². The van der Waals surface area contributed by atoms with E-state index in [1.807, 2.05) is 54.6 Å². The Bertz CT molecular complexity index is 500. The molecule has 0 nitrogen and oxygen atoms in total. The lowest BCUT2D eigenvalue weighted by molar-refractivity contribution is 1.46. The first-order chi connectivity index (χ1) is 7.74. The zero-order valence-corrected chi connectivity index (χ0v) is 10.2. The Morgan fingerprint density at radius 1 is 0.875 bits per heavy atom. The highest BCUT2D eigenvalue weighted by molar-refractivity contribution is 7.80. The van der Waals surface area contributed by atoms with Gasteiger partial charge in [-0.2, -0.15) is 0 Å². The Balaban J connectivity index is 2.18. The van der Waals surface area contributed by atoms with Gasteiger partial charge in [0.25, 0.3) is 0 Å². The quantitative estimate of drug-likeness (QED) is 0.571. The van der Waals surface area contributed by atoms with Crippen molar-refractivity contribution in [3.63, 3.8) is 0 Å². The lowest BCUT2D eigenvalue weighted by Gasteiger charge is -1.96. The molecule has 0 bridgehead atoms. The van der Waals surface area contributed by atoms with Gasteiger partial charge in [0.05, 0.1) is 0 Å². The summed E-state index contributed by atoms with van der Waals surface area (Å²) in [5.41, 5.74) is 2.25. The lowest BCUT2D eigenvalue weighted by atomic mass is 10.1. The molecule has 0 saturated carbocycles. The Labute approximate surface area is 106 Å². The molecule has 0 aromatic heterocycles. The van der Waals surface area contributed by atoms with Gasteiger partial charge in [-0.1, -0.05) is 48.0 Å². The molecule has 0 fully saturated rings. The number of hydrogen-bond donors (Lipinski definition) is 1. The van der Waals surface area contributed by atoms with E-state index >= 15 is 0 Å². The van der Waals surface area contributed by atoms with Gasteiger partial charge in [0.1, 0.15) is 0 Å². The maximum Gasteiger partial charge on any atom is 0.0411 e. The molecule has 2 aromatic carbocycles. The smallest absolute Gasteiger partial charge is 0.0411 e. The minimum Gasteiger partial charge on any atom is -0.143 e. The fourth-order valence-corrected chi connectivity index (χ4v) is 1.74. The molecule has 80 valence electrons. The highest BCUT2D eigenvalue weighted by Gasteiger charge is 1.90. The van der Waals surface area contributed by atoms with Crippen molar-refractivity contribution >= 4 is 36.4 Å². The van der Waals surface area contributed by atoms with Crippen LogP contribution in [0.1, 0.15) is 11.1 Å². The minimum absolute atomic E-state index is 0.757. The third-order valence-corrected chi connectivity index (χ3v) is 2.74. The van der Waals surface area contributed by atoms with Crippen molar-refractivity contribution in [1.82, 2.24) is 0 Å². The van der Waals surface area contributed by atoms with Gasteiger partial charge < -0.3 is 0 Å². The van der Waals surface area contributed by atoms with E-state index in [-0.39, 0.29) is 0 Å². The molecule has 2 heteroatoms. The van der Waals surface area contributed by atoms with E-state index in [1.54, 1.807) is 0 Å². The van der Waals surface area contributed by atoms with E-state index < -0.39 is 0 Å². The Kier molecular flexibility index (Phi) is 3.70. The number of hydrogen-bond acceptors (Lipinski definition) is 1. The lowest BCUT2D eigenvalue weighted by Crippen LogP contribution is -1.73. The van der Waals surface area contributed by atoms with Gasteiger partial charge in [0, 0.05) is 9.92 Å². The molecule has 16 heavy (non-hydrogen) atoms. The fourth-order valence-electron chi connectivity index (χ4n) is 1.39. The van der Waals surface area contributed by atoms with Crippen LogP contribution in [0.15, 0.2) is 53.4 Å². The summed E-state index contributed by atoms with van der Waals surface area (Å²) in [6, 6.07) is 15.8. The van der Waals surface area contributed by atoms with Gasteiger partial charge in [-0.3, -0.25) is 0 Å². The molecule has 0 N–H and O–H groups in total. The van der Waals surface area contributed by atoms with Gasteiger partial charge in [0.15, 0.2) is 0 Å². The Hall–Kier alpha value is -1.18. The molecule has 0 atom stereocenters. The van der Waals surface area contributed by atoms with Crippen LogP contribution in [0.2, 0.25) is 5.02 Å². The fraction of sp³-hybridized carbons (Fsp3) is 0. The van der Waals surface area contributed by atoms with E-state index in [4.69, 9.17) is 11.6 Å². The first-order valence-corrected chi connectivity index (χ1v) is 5.79. The largest absolute Gasteiger partial charge is 0.143 e. The summed E-state index contributed by atoms with van der Waals surface area (Å²) in [7, 11) is 0. The second kappa shape index (κ2) is 5.24.